The molecule has 1 aromatic heterocycles. The van der Waals surface area contributed by atoms with Crippen LogP contribution in [0.3, 0.4) is 0 Å². The normalized spacial score (nSPS) is 11.3. The maximum absolute atomic E-state index is 12.4. The third-order valence-corrected chi connectivity index (χ3v) is 3.81. The number of esters is 1. The molecular formula is C19H28N2O15. The molecule has 0 fully saturated rings. The summed E-state index contributed by atoms with van der Waals surface area (Å²) in [6, 6.07) is -1.52. The molecule has 1 amide bonds. The molecule has 0 aliphatic rings. The van der Waals surface area contributed by atoms with E-state index in [1.807, 2.05) is 6.92 Å². The van der Waals surface area contributed by atoms with Gasteiger partial charge in [-0.3, -0.25) is 0 Å². The molecule has 0 radical (unpaired) electrons. The molecular weight excluding hydrogens is 496 g/mol. The molecule has 17 heteroatoms. The molecule has 17 nitrogen and oxygen atoms in total. The Morgan fingerprint density at radius 3 is 2.25 bits per heavy atom. The summed E-state index contributed by atoms with van der Waals surface area (Å²) in [7, 11) is 0. The summed E-state index contributed by atoms with van der Waals surface area (Å²) in [5.74, 6) is -2.01. The van der Waals surface area contributed by atoms with Crippen LogP contribution in [0.5, 0.6) is 0 Å². The number of hydrogen-bond donors (Lipinski definition) is 1. The Balaban J connectivity index is 2.52. The van der Waals surface area contributed by atoms with Crippen LogP contribution in [0.2, 0.25) is 0 Å². The maximum atomic E-state index is 12.4. The van der Waals surface area contributed by atoms with Gasteiger partial charge in [-0.1, -0.05) is 6.92 Å². The Kier molecular flexibility index (Phi) is 14.7. The quantitative estimate of drug-likeness (QED) is 0.0908. The minimum Gasteiger partial charge on any atom is -0.456 e. The Morgan fingerprint density at radius 1 is 0.944 bits per heavy atom. The van der Waals surface area contributed by atoms with Gasteiger partial charge in [-0.05, 0) is 13.3 Å². The lowest BCUT2D eigenvalue weighted by atomic mass is 10.3. The van der Waals surface area contributed by atoms with Crippen LogP contribution < -0.4 is 11.1 Å². The first-order valence-electron chi connectivity index (χ1n) is 10.6. The van der Waals surface area contributed by atoms with Crippen molar-refractivity contribution in [1.29, 1.82) is 0 Å². The molecule has 1 atom stereocenters. The zero-order valence-corrected chi connectivity index (χ0v) is 19.7. The molecule has 1 rings (SSSR count). The third-order valence-electron chi connectivity index (χ3n) is 3.81. The van der Waals surface area contributed by atoms with Gasteiger partial charge in [-0.25, -0.2) is 19.2 Å². The number of hydrogen-bond acceptors (Lipinski definition) is 15. The fourth-order valence-corrected chi connectivity index (χ4v) is 2.19. The third kappa shape index (κ3) is 13.8. The lowest BCUT2D eigenvalue weighted by Crippen LogP contribution is -2.45. The van der Waals surface area contributed by atoms with Crippen LogP contribution in [0.4, 0.5) is 9.59 Å². The molecule has 0 spiro atoms. The lowest BCUT2D eigenvalue weighted by molar-refractivity contribution is -0.758. The highest BCUT2D eigenvalue weighted by atomic mass is 17.0. The number of nitrogens with one attached hydrogen (secondary N) is 1. The number of aryl methyl sites for hydroxylation is 1. The number of carbonyl (C=O) groups excluding carboxylic acids is 3. The lowest BCUT2D eigenvalue weighted by Gasteiger charge is -2.17. The highest BCUT2D eigenvalue weighted by molar-refractivity contribution is 5.81. The van der Waals surface area contributed by atoms with Crippen LogP contribution >= 0.6 is 0 Å². The minimum atomic E-state index is -1.52. The second kappa shape index (κ2) is 17.6. The van der Waals surface area contributed by atoms with Gasteiger partial charge in [-0.2, -0.15) is 0 Å². The SMILES string of the molecule is CCCOCCOC(=O)OCC(NC(=O)OCCOCCO[N+](=O)[O-])C(=O)OCc1oc(=O)oc1C. The molecule has 1 unspecified atom stereocenters. The molecule has 0 bridgehead atoms. The van der Waals surface area contributed by atoms with Crippen LogP contribution in [-0.4, -0.2) is 82.2 Å². The Morgan fingerprint density at radius 2 is 1.61 bits per heavy atom. The van der Waals surface area contributed by atoms with Crippen molar-refractivity contribution in [1.82, 2.24) is 5.32 Å². The molecule has 0 aromatic carbocycles. The smallest absolute Gasteiger partial charge is 0.456 e. The molecule has 1 N–H and O–H groups in total. The minimum absolute atomic E-state index is 0.0553. The predicted molar refractivity (Wildman–Crippen MR) is 112 cm³/mol. The Bertz CT molecular complexity index is 880. The molecule has 0 saturated heterocycles. The summed E-state index contributed by atoms with van der Waals surface area (Å²) in [4.78, 5) is 61.3. The first kappa shape index (κ1) is 30.2. The van der Waals surface area contributed by atoms with E-state index in [2.05, 4.69) is 14.6 Å². The fraction of sp³-hybridized carbons (Fsp3) is 0.684. The van der Waals surface area contributed by atoms with Crippen molar-refractivity contribution >= 4 is 18.2 Å². The average Bonchev–Trinajstić information content (AvgIpc) is 3.15. The van der Waals surface area contributed by atoms with Crippen molar-refractivity contribution in [3.63, 3.8) is 0 Å². The number of ether oxygens (including phenoxy) is 6. The van der Waals surface area contributed by atoms with E-state index in [0.29, 0.717) is 6.61 Å². The fourth-order valence-electron chi connectivity index (χ4n) is 2.19. The van der Waals surface area contributed by atoms with Crippen molar-refractivity contribution in [3.05, 3.63) is 32.3 Å². The molecule has 0 aliphatic heterocycles. The van der Waals surface area contributed by atoms with Gasteiger partial charge in [0.1, 0.15) is 26.4 Å². The van der Waals surface area contributed by atoms with Gasteiger partial charge in [-0.15, -0.1) is 10.1 Å². The van der Waals surface area contributed by atoms with E-state index in [1.54, 1.807) is 0 Å². The second-order valence-electron chi connectivity index (χ2n) is 6.57. The standard InChI is InChI=1S/C19H28N2O15/c1-3-4-28-6-9-31-18(24)33-11-14(16(22)32-12-15-13(2)35-19(25)36-15)20-17(23)30-8-5-29-7-10-34-21(26)27/h14H,3-12H2,1-2H3,(H,20,23). The number of amides is 1. The molecule has 0 aliphatic carbocycles. The Labute approximate surface area is 203 Å². The van der Waals surface area contributed by atoms with E-state index in [9.17, 15) is 29.3 Å². The van der Waals surface area contributed by atoms with Gasteiger partial charge in [0, 0.05) is 6.61 Å². The first-order chi connectivity index (χ1) is 17.2. The van der Waals surface area contributed by atoms with Gasteiger partial charge >= 0.3 is 24.0 Å². The molecule has 1 heterocycles. The number of nitrogens with zero attached hydrogens (tertiary/aromatic N) is 1. The topological polar surface area (TPSA) is 214 Å². The van der Waals surface area contributed by atoms with E-state index in [-0.39, 0.29) is 51.2 Å². The van der Waals surface area contributed by atoms with Crippen LogP contribution in [0, 0.1) is 17.0 Å². The highest BCUT2D eigenvalue weighted by Gasteiger charge is 2.26. The van der Waals surface area contributed by atoms with Crippen molar-refractivity contribution in [3.8, 4) is 0 Å². The van der Waals surface area contributed by atoms with E-state index in [0.717, 1.165) is 6.42 Å². The van der Waals surface area contributed by atoms with E-state index in [1.165, 1.54) is 6.92 Å². The molecule has 204 valence electrons. The summed E-state index contributed by atoms with van der Waals surface area (Å²) in [6.45, 7) is 1.89. The zero-order chi connectivity index (χ0) is 26.8. The monoisotopic (exact) mass is 524 g/mol. The first-order valence-corrected chi connectivity index (χ1v) is 10.6. The number of alkyl carbamates (subject to hydrolysis) is 1. The van der Waals surface area contributed by atoms with Gasteiger partial charge < -0.3 is 47.4 Å². The second-order valence-corrected chi connectivity index (χ2v) is 6.57. The van der Waals surface area contributed by atoms with Gasteiger partial charge in [0.15, 0.2) is 24.2 Å². The summed E-state index contributed by atoms with van der Waals surface area (Å²) < 4.78 is 38.9. The van der Waals surface area contributed by atoms with Gasteiger partial charge in [0.2, 0.25) is 0 Å². The van der Waals surface area contributed by atoms with E-state index >= 15 is 0 Å². The Hall–Kier alpha value is -3.86. The van der Waals surface area contributed by atoms with E-state index in [4.69, 9.17) is 32.8 Å². The summed E-state index contributed by atoms with van der Waals surface area (Å²) >= 11 is 0. The van der Waals surface area contributed by atoms with E-state index < -0.39 is 48.4 Å². The summed E-state index contributed by atoms with van der Waals surface area (Å²) in [5, 5.41) is 11.2. The van der Waals surface area contributed by atoms with Gasteiger partial charge in [0.05, 0.1) is 19.8 Å². The summed E-state index contributed by atoms with van der Waals surface area (Å²) in [6.07, 6.45) is -1.41. The molecule has 1 aromatic rings. The summed E-state index contributed by atoms with van der Waals surface area (Å²) in [5.41, 5.74) is 0. The van der Waals surface area contributed by atoms with Crippen molar-refractivity contribution in [2.45, 2.75) is 32.9 Å². The van der Waals surface area contributed by atoms with Crippen molar-refractivity contribution in [2.24, 2.45) is 0 Å². The van der Waals surface area contributed by atoms with Crippen LogP contribution in [0.1, 0.15) is 24.9 Å². The van der Waals surface area contributed by atoms with Crippen LogP contribution in [0.15, 0.2) is 13.6 Å². The van der Waals surface area contributed by atoms with Crippen molar-refractivity contribution in [2.75, 3.05) is 52.9 Å². The highest BCUT2D eigenvalue weighted by Crippen LogP contribution is 2.07. The van der Waals surface area contributed by atoms with Crippen LogP contribution in [0.25, 0.3) is 0 Å². The molecule has 0 saturated carbocycles. The molecule has 36 heavy (non-hydrogen) atoms. The predicted octanol–water partition coefficient (Wildman–Crippen LogP) is 0.484. The van der Waals surface area contributed by atoms with Gasteiger partial charge in [0.25, 0.3) is 5.09 Å². The van der Waals surface area contributed by atoms with Crippen molar-refractivity contribution < 1.29 is 61.6 Å². The van der Waals surface area contributed by atoms with Crippen LogP contribution in [-0.2, 0) is 44.7 Å². The average molecular weight is 524 g/mol. The number of rotatable bonds is 18. The largest absolute Gasteiger partial charge is 0.519 e. The number of carbonyl (C=O) groups is 3. The zero-order valence-electron chi connectivity index (χ0n) is 19.7. The maximum Gasteiger partial charge on any atom is 0.519 e.